The van der Waals surface area contributed by atoms with E-state index in [1.165, 1.54) is 32.9 Å². The van der Waals surface area contributed by atoms with E-state index in [0.717, 1.165) is 72.8 Å². The van der Waals surface area contributed by atoms with E-state index in [2.05, 4.69) is 0 Å². The molecule has 0 N–H and O–H groups in total. The van der Waals surface area contributed by atoms with E-state index in [9.17, 15) is 52.7 Å². The molecule has 0 aliphatic carbocycles. The molecule has 0 saturated carbocycles. The van der Waals surface area contributed by atoms with E-state index in [1.54, 1.807) is 6.92 Å². The molecule has 0 aliphatic heterocycles. The number of benzene rings is 4. The van der Waals surface area contributed by atoms with Gasteiger partial charge in [0.15, 0.2) is 0 Å². The van der Waals surface area contributed by atoms with Gasteiger partial charge in [-0.25, -0.2) is 0 Å². The van der Waals surface area contributed by atoms with Crippen LogP contribution in [0.25, 0.3) is 0 Å². The molecular weight excluding hydrogens is 660 g/mol. The summed E-state index contributed by atoms with van der Waals surface area (Å²) in [5.74, 6) is 0. The summed E-state index contributed by atoms with van der Waals surface area (Å²) >= 11 is 0. The van der Waals surface area contributed by atoms with Gasteiger partial charge in [-0.15, -0.1) is 0 Å². The fourth-order valence-corrected chi connectivity index (χ4v) is 6.23. The highest BCUT2D eigenvalue weighted by Gasteiger charge is 2.73. The zero-order valence-electron chi connectivity index (χ0n) is 26.0. The molecule has 48 heavy (non-hydrogen) atoms. The van der Waals surface area contributed by atoms with Crippen LogP contribution in [0.2, 0.25) is 0 Å². The first kappa shape index (κ1) is 36.9. The molecule has 4 aromatic rings. The van der Waals surface area contributed by atoms with Gasteiger partial charge in [-0.2, -0.15) is 52.7 Å². The lowest BCUT2D eigenvalue weighted by molar-refractivity contribution is -0.290. The highest BCUT2D eigenvalue weighted by molar-refractivity contribution is 5.49. The van der Waals surface area contributed by atoms with Gasteiger partial charge in [0.05, 0.1) is 0 Å². The standard InChI is InChI=1S/C36H30F12/c1-21-6-5-7-28(18-21)32(35(43,44)45,36(46,47)48)30-17-13-26(24(4)20-30)12-9-25-10-15-27(16-11-25)31(33(37,38)39,34(40,41)42)29-14-8-22(2)23(3)19-29/h5-8,10-11,13-20H,9,12H2,1-4H3. The molecule has 0 radical (unpaired) electrons. The van der Waals surface area contributed by atoms with Crippen molar-refractivity contribution in [2.75, 3.05) is 0 Å². The van der Waals surface area contributed by atoms with E-state index in [0.29, 0.717) is 16.7 Å². The van der Waals surface area contributed by atoms with Crippen molar-refractivity contribution in [1.29, 1.82) is 0 Å². The van der Waals surface area contributed by atoms with Crippen molar-refractivity contribution in [3.05, 3.63) is 141 Å². The Kier molecular flexibility index (Phi) is 9.59. The van der Waals surface area contributed by atoms with Crippen LogP contribution in [0.15, 0.2) is 84.9 Å². The molecule has 0 aliphatic rings. The van der Waals surface area contributed by atoms with Crippen LogP contribution in [0.3, 0.4) is 0 Å². The van der Waals surface area contributed by atoms with Crippen molar-refractivity contribution < 1.29 is 52.7 Å². The summed E-state index contributed by atoms with van der Waals surface area (Å²) in [6, 6.07) is 13.3. The minimum Gasteiger partial charge on any atom is -0.169 e. The lowest BCUT2D eigenvalue weighted by Gasteiger charge is -2.38. The molecule has 0 unspecified atom stereocenters. The maximum absolute atomic E-state index is 14.5. The predicted octanol–water partition coefficient (Wildman–Crippen LogP) is 11.5. The predicted molar refractivity (Wildman–Crippen MR) is 158 cm³/mol. The Morgan fingerprint density at radius 3 is 1.29 bits per heavy atom. The first-order valence-corrected chi connectivity index (χ1v) is 14.6. The molecular formula is C36H30F12. The highest BCUT2D eigenvalue weighted by atomic mass is 19.4. The monoisotopic (exact) mass is 690 g/mol. The number of halogens is 12. The van der Waals surface area contributed by atoms with Gasteiger partial charge in [-0.3, -0.25) is 0 Å². The van der Waals surface area contributed by atoms with E-state index in [1.807, 2.05) is 0 Å². The van der Waals surface area contributed by atoms with E-state index in [-0.39, 0.29) is 29.5 Å². The summed E-state index contributed by atoms with van der Waals surface area (Å²) in [6.07, 6.45) is -23.0. The molecule has 0 fully saturated rings. The van der Waals surface area contributed by atoms with Gasteiger partial charge in [0.2, 0.25) is 10.8 Å². The topological polar surface area (TPSA) is 0 Å². The summed E-state index contributed by atoms with van der Waals surface area (Å²) in [6.45, 7) is 5.67. The summed E-state index contributed by atoms with van der Waals surface area (Å²) in [5.41, 5.74) is -11.0. The Morgan fingerprint density at radius 2 is 0.833 bits per heavy atom. The largest absolute Gasteiger partial charge is 0.411 e. The van der Waals surface area contributed by atoms with Gasteiger partial charge in [0, 0.05) is 0 Å². The van der Waals surface area contributed by atoms with Crippen LogP contribution in [-0.4, -0.2) is 24.7 Å². The van der Waals surface area contributed by atoms with Crippen LogP contribution >= 0.6 is 0 Å². The SMILES string of the molecule is Cc1cccc(C(c2ccc(CCc3ccc(C(c4ccc(C)c(C)c4)(C(F)(F)F)C(F)(F)F)cc3)c(C)c2)(C(F)(F)F)C(F)(F)F)c1. The summed E-state index contributed by atoms with van der Waals surface area (Å²) in [5, 5.41) is 0. The molecule has 0 atom stereocenters. The van der Waals surface area contributed by atoms with Crippen LogP contribution < -0.4 is 0 Å². The average Bonchev–Trinajstić information content (AvgIpc) is 2.93. The fourth-order valence-electron chi connectivity index (χ4n) is 6.23. The molecule has 0 heterocycles. The second kappa shape index (κ2) is 12.5. The fraction of sp³-hybridized carbons (Fsp3) is 0.333. The van der Waals surface area contributed by atoms with E-state index >= 15 is 0 Å². The normalized spacial score (nSPS) is 13.6. The molecule has 0 amide bonds. The van der Waals surface area contributed by atoms with Crippen LogP contribution in [-0.2, 0) is 23.7 Å². The lowest BCUT2D eigenvalue weighted by Crippen LogP contribution is -2.54. The number of alkyl halides is 12. The summed E-state index contributed by atoms with van der Waals surface area (Å²) in [4.78, 5) is 0. The van der Waals surface area contributed by atoms with Crippen molar-refractivity contribution in [2.24, 2.45) is 0 Å². The Balaban J connectivity index is 1.70. The van der Waals surface area contributed by atoms with Crippen LogP contribution in [0, 0.1) is 27.7 Å². The second-order valence-electron chi connectivity index (χ2n) is 12.0. The minimum absolute atomic E-state index is 0.0245. The van der Waals surface area contributed by atoms with Crippen molar-refractivity contribution in [3.63, 3.8) is 0 Å². The molecule has 4 rings (SSSR count). The van der Waals surface area contributed by atoms with E-state index < -0.39 is 57.8 Å². The molecule has 0 saturated heterocycles. The Morgan fingerprint density at radius 1 is 0.396 bits per heavy atom. The van der Waals surface area contributed by atoms with Crippen molar-refractivity contribution in [2.45, 2.75) is 76.1 Å². The Labute approximate surface area is 269 Å². The highest BCUT2D eigenvalue weighted by Crippen LogP contribution is 2.58. The molecule has 0 spiro atoms. The molecule has 0 bridgehead atoms. The minimum atomic E-state index is -5.77. The number of aryl methyl sites for hydroxylation is 6. The molecule has 12 heteroatoms. The average molecular weight is 691 g/mol. The third-order valence-electron chi connectivity index (χ3n) is 8.94. The molecule has 4 aromatic carbocycles. The molecule has 258 valence electrons. The van der Waals surface area contributed by atoms with Gasteiger partial charge in [0.1, 0.15) is 0 Å². The maximum atomic E-state index is 14.5. The summed E-state index contributed by atoms with van der Waals surface area (Å²) in [7, 11) is 0. The zero-order valence-corrected chi connectivity index (χ0v) is 26.0. The first-order chi connectivity index (χ1) is 22.0. The summed E-state index contributed by atoms with van der Waals surface area (Å²) < 4.78 is 174. The first-order valence-electron chi connectivity index (χ1n) is 14.6. The third kappa shape index (κ3) is 6.18. The Hall–Kier alpha value is -3.96. The second-order valence-corrected chi connectivity index (χ2v) is 12.0. The van der Waals surface area contributed by atoms with Crippen molar-refractivity contribution in [1.82, 2.24) is 0 Å². The number of hydrogen-bond acceptors (Lipinski definition) is 0. The van der Waals surface area contributed by atoms with Gasteiger partial charge >= 0.3 is 24.7 Å². The molecule has 0 nitrogen and oxygen atoms in total. The van der Waals surface area contributed by atoms with Crippen LogP contribution in [0.4, 0.5) is 52.7 Å². The lowest BCUT2D eigenvalue weighted by atomic mass is 9.71. The molecule has 0 aromatic heterocycles. The number of hydrogen-bond donors (Lipinski definition) is 0. The van der Waals surface area contributed by atoms with Gasteiger partial charge in [-0.05, 0) is 90.6 Å². The smallest absolute Gasteiger partial charge is 0.169 e. The zero-order chi connectivity index (χ0) is 36.1. The third-order valence-corrected chi connectivity index (χ3v) is 8.94. The van der Waals surface area contributed by atoms with Crippen molar-refractivity contribution >= 4 is 0 Å². The quantitative estimate of drug-likeness (QED) is 0.169. The van der Waals surface area contributed by atoms with Crippen LogP contribution in [0.1, 0.15) is 55.6 Å². The van der Waals surface area contributed by atoms with Gasteiger partial charge < -0.3 is 0 Å². The van der Waals surface area contributed by atoms with Crippen LogP contribution in [0.5, 0.6) is 0 Å². The van der Waals surface area contributed by atoms with E-state index in [4.69, 9.17) is 0 Å². The van der Waals surface area contributed by atoms with Gasteiger partial charge in [0.25, 0.3) is 0 Å². The maximum Gasteiger partial charge on any atom is 0.411 e. The number of rotatable bonds is 7. The van der Waals surface area contributed by atoms with Gasteiger partial charge in [-0.1, -0.05) is 90.5 Å². The van der Waals surface area contributed by atoms with Crippen molar-refractivity contribution in [3.8, 4) is 0 Å². The Bertz CT molecular complexity index is 1730.